The van der Waals surface area contributed by atoms with E-state index in [1.807, 2.05) is 0 Å². The van der Waals surface area contributed by atoms with Crippen LogP contribution in [0.3, 0.4) is 0 Å². The van der Waals surface area contributed by atoms with Crippen molar-refractivity contribution in [2.24, 2.45) is 0 Å². The third kappa shape index (κ3) is 2.75. The lowest BCUT2D eigenvalue weighted by atomic mass is 10.1. The number of aromatic nitrogens is 4. The van der Waals surface area contributed by atoms with Crippen molar-refractivity contribution in [3.05, 3.63) is 57.3 Å². The van der Waals surface area contributed by atoms with E-state index in [1.165, 1.54) is 24.7 Å². The van der Waals surface area contributed by atoms with E-state index in [1.54, 1.807) is 18.2 Å². The fourth-order valence-electron chi connectivity index (χ4n) is 3.12. The Bertz CT molecular complexity index is 1310. The Balaban J connectivity index is 1.79. The van der Waals surface area contributed by atoms with E-state index in [0.29, 0.717) is 22.6 Å². The Hall–Kier alpha value is -1.98. The van der Waals surface area contributed by atoms with Gasteiger partial charge in [0.2, 0.25) is 0 Å². The van der Waals surface area contributed by atoms with Crippen LogP contribution in [-0.4, -0.2) is 27.5 Å². The maximum absolute atomic E-state index is 13.2. The molecule has 10 heteroatoms. The molecule has 0 bridgehead atoms. The molecule has 0 aliphatic heterocycles. The molecule has 0 saturated heterocycles. The summed E-state index contributed by atoms with van der Waals surface area (Å²) in [7, 11) is -3.87. The zero-order valence-corrected chi connectivity index (χ0v) is 17.9. The standard InChI is InChI=1S/C18H12ClIN4O3S/c19-17-13-12(15-14(20)16(27-23-15)10-6-7-10)8-24(18(13)22-9-21-17)28(25,26)11-4-2-1-3-5-11/h1-5,8-10H,6-7H2. The van der Waals surface area contributed by atoms with E-state index in [4.69, 9.17) is 16.1 Å². The first-order chi connectivity index (χ1) is 13.5. The predicted octanol–water partition coefficient (Wildman–Crippen LogP) is 4.46. The van der Waals surface area contributed by atoms with Gasteiger partial charge in [0, 0.05) is 17.7 Å². The largest absolute Gasteiger partial charge is 0.359 e. The van der Waals surface area contributed by atoms with E-state index in [2.05, 4.69) is 37.7 Å². The van der Waals surface area contributed by atoms with Crippen molar-refractivity contribution < 1.29 is 12.9 Å². The number of hydrogen-bond acceptors (Lipinski definition) is 6. The minimum absolute atomic E-state index is 0.154. The molecule has 0 radical (unpaired) electrons. The summed E-state index contributed by atoms with van der Waals surface area (Å²) in [6.07, 6.45) is 4.87. The lowest BCUT2D eigenvalue weighted by molar-refractivity contribution is 0.385. The molecule has 0 atom stereocenters. The van der Waals surface area contributed by atoms with Crippen LogP contribution in [0.5, 0.6) is 0 Å². The molecule has 1 aliphatic carbocycles. The Morgan fingerprint density at radius 3 is 2.64 bits per heavy atom. The second kappa shape index (κ2) is 6.53. The Morgan fingerprint density at radius 2 is 1.93 bits per heavy atom. The maximum atomic E-state index is 13.2. The average molecular weight is 527 g/mol. The minimum atomic E-state index is -3.87. The molecule has 4 aromatic rings. The van der Waals surface area contributed by atoms with Gasteiger partial charge in [-0.3, -0.25) is 0 Å². The fraction of sp³-hybridized carbons (Fsp3) is 0.167. The summed E-state index contributed by atoms with van der Waals surface area (Å²) in [5, 5.41) is 4.79. The van der Waals surface area contributed by atoms with E-state index < -0.39 is 10.0 Å². The number of benzene rings is 1. The van der Waals surface area contributed by atoms with E-state index in [9.17, 15) is 8.42 Å². The quantitative estimate of drug-likeness (QED) is 0.288. The van der Waals surface area contributed by atoms with E-state index >= 15 is 0 Å². The van der Waals surface area contributed by atoms with Crippen molar-refractivity contribution in [3.63, 3.8) is 0 Å². The molecule has 28 heavy (non-hydrogen) atoms. The van der Waals surface area contributed by atoms with Crippen molar-refractivity contribution in [2.75, 3.05) is 0 Å². The molecule has 3 aromatic heterocycles. The van der Waals surface area contributed by atoms with Crippen molar-refractivity contribution in [2.45, 2.75) is 23.7 Å². The molecular formula is C18H12ClIN4O3S. The van der Waals surface area contributed by atoms with Crippen LogP contribution in [0.15, 0.2) is 52.3 Å². The first-order valence-corrected chi connectivity index (χ1v) is 11.4. The lowest BCUT2D eigenvalue weighted by Gasteiger charge is -2.06. The molecule has 1 saturated carbocycles. The zero-order valence-electron chi connectivity index (χ0n) is 14.2. The second-order valence-electron chi connectivity index (χ2n) is 6.50. The average Bonchev–Trinajstić information content (AvgIpc) is 3.35. The lowest BCUT2D eigenvalue weighted by Crippen LogP contribution is -2.12. The SMILES string of the molecule is O=S(=O)(c1ccccc1)n1cc(-c2noc(C3CC3)c2I)c2c(Cl)ncnc21. The first-order valence-electron chi connectivity index (χ1n) is 8.46. The Morgan fingerprint density at radius 1 is 1.18 bits per heavy atom. The van der Waals surface area contributed by atoms with Crippen LogP contribution in [0.4, 0.5) is 0 Å². The van der Waals surface area contributed by atoms with Gasteiger partial charge < -0.3 is 4.52 Å². The topological polar surface area (TPSA) is 90.9 Å². The molecule has 3 heterocycles. The van der Waals surface area contributed by atoms with Crippen LogP contribution in [0.25, 0.3) is 22.3 Å². The maximum Gasteiger partial charge on any atom is 0.269 e. The summed E-state index contributed by atoms with van der Waals surface area (Å²) >= 11 is 8.52. The van der Waals surface area contributed by atoms with E-state index in [-0.39, 0.29) is 15.7 Å². The Labute approximate surface area is 178 Å². The van der Waals surface area contributed by atoms with Gasteiger partial charge in [-0.2, -0.15) is 0 Å². The highest BCUT2D eigenvalue weighted by Gasteiger charge is 2.33. The molecule has 1 aromatic carbocycles. The minimum Gasteiger partial charge on any atom is -0.359 e. The van der Waals surface area contributed by atoms with Crippen molar-refractivity contribution in [3.8, 4) is 11.3 Å². The number of halogens is 2. The number of rotatable bonds is 4. The summed E-state index contributed by atoms with van der Waals surface area (Å²) in [5.41, 5.74) is 1.27. The molecule has 0 N–H and O–H groups in total. The molecule has 0 spiro atoms. The summed E-state index contributed by atoms with van der Waals surface area (Å²) in [6.45, 7) is 0. The van der Waals surface area contributed by atoms with Crippen LogP contribution < -0.4 is 0 Å². The predicted molar refractivity (Wildman–Crippen MR) is 112 cm³/mol. The summed E-state index contributed by atoms with van der Waals surface area (Å²) in [4.78, 5) is 8.38. The molecule has 1 aliphatic rings. The third-order valence-corrected chi connectivity index (χ3v) is 7.66. The summed E-state index contributed by atoms with van der Waals surface area (Å²) in [5.74, 6) is 1.21. The normalized spacial score (nSPS) is 14.6. The van der Waals surface area contributed by atoms with Crippen LogP contribution in [0.2, 0.25) is 5.15 Å². The zero-order chi connectivity index (χ0) is 19.5. The van der Waals surface area contributed by atoms with Crippen LogP contribution in [-0.2, 0) is 10.0 Å². The highest BCUT2D eigenvalue weighted by molar-refractivity contribution is 14.1. The molecular weight excluding hydrogens is 515 g/mol. The highest BCUT2D eigenvalue weighted by atomic mass is 127. The van der Waals surface area contributed by atoms with Gasteiger partial charge in [-0.25, -0.2) is 22.4 Å². The van der Waals surface area contributed by atoms with Crippen molar-refractivity contribution >= 4 is 55.2 Å². The van der Waals surface area contributed by atoms with Gasteiger partial charge in [0.05, 0.1) is 13.9 Å². The molecule has 1 fully saturated rings. The first kappa shape index (κ1) is 18.1. The second-order valence-corrected chi connectivity index (χ2v) is 9.76. The van der Waals surface area contributed by atoms with Gasteiger partial charge in [0.1, 0.15) is 17.2 Å². The van der Waals surface area contributed by atoms with Crippen LogP contribution in [0.1, 0.15) is 24.5 Å². The Kier molecular flexibility index (Phi) is 4.21. The third-order valence-electron chi connectivity index (χ3n) is 4.67. The number of hydrogen-bond donors (Lipinski definition) is 0. The molecule has 142 valence electrons. The van der Waals surface area contributed by atoms with Gasteiger partial charge in [0.15, 0.2) is 11.4 Å². The monoisotopic (exact) mass is 526 g/mol. The van der Waals surface area contributed by atoms with Crippen molar-refractivity contribution in [1.82, 2.24) is 19.1 Å². The summed E-state index contributed by atoms with van der Waals surface area (Å²) < 4.78 is 34.0. The molecule has 7 nitrogen and oxygen atoms in total. The van der Waals surface area contributed by atoms with Gasteiger partial charge in [-0.05, 0) is 47.6 Å². The van der Waals surface area contributed by atoms with E-state index in [0.717, 1.165) is 26.1 Å². The van der Waals surface area contributed by atoms with Gasteiger partial charge in [-0.1, -0.05) is 35.0 Å². The van der Waals surface area contributed by atoms with Gasteiger partial charge >= 0.3 is 0 Å². The van der Waals surface area contributed by atoms with Crippen LogP contribution >= 0.6 is 34.2 Å². The smallest absolute Gasteiger partial charge is 0.269 e. The van der Waals surface area contributed by atoms with Gasteiger partial charge in [0.25, 0.3) is 10.0 Å². The highest BCUT2D eigenvalue weighted by Crippen LogP contribution is 2.45. The molecule has 0 unspecified atom stereocenters. The molecule has 5 rings (SSSR count). The van der Waals surface area contributed by atoms with Gasteiger partial charge in [-0.15, -0.1) is 0 Å². The fourth-order valence-corrected chi connectivity index (χ4v) is 5.62. The molecule has 0 amide bonds. The number of fused-ring (bicyclic) bond motifs is 1. The van der Waals surface area contributed by atoms with Crippen LogP contribution in [0, 0.1) is 3.57 Å². The number of nitrogens with zero attached hydrogens (tertiary/aromatic N) is 4. The summed E-state index contributed by atoms with van der Waals surface area (Å²) in [6, 6.07) is 8.17. The van der Waals surface area contributed by atoms with Crippen molar-refractivity contribution in [1.29, 1.82) is 0 Å².